The number of hydrogen-bond acceptors (Lipinski definition) is 12. The summed E-state index contributed by atoms with van der Waals surface area (Å²) in [6, 6.07) is 10.4. The maximum atomic E-state index is 13.5. The van der Waals surface area contributed by atoms with Gasteiger partial charge in [-0.2, -0.15) is 0 Å². The largest absolute Gasteiger partial charge is 0.445 e. The SMILES string of the molecule is CCCCCCC(=O)N[C@H](C(=O)N[C@@H](CCCNC(N)=O)C(=O)Nc1ccc(COC(=O)NCC(=O)NCc2cncc(NC(=O)c3ccc4c(c3)N=C(N)CC(C(=O)N(CCC)CCC)=C4)c2)cc1)C(C)C. The smallest absolute Gasteiger partial charge is 0.407 e. The van der Waals surface area contributed by atoms with Crippen LogP contribution < -0.4 is 48.7 Å². The summed E-state index contributed by atoms with van der Waals surface area (Å²) in [4.78, 5) is 113. The standard InChI is InChI=1S/C52H72N12O9/c1-6-9-10-11-14-44(65)63-46(33(4)5)49(69)62-41(13-12-21-56-51(54)71)48(68)59-39-19-15-34(16-20-39)32-73-52(72)58-31-45(66)57-29-35-24-40(30-55-28-35)60-47(67)37-18-17-36-25-38(27-43(53)61-42(36)26-37)50(70)64(22-7-2)23-8-3/h15-20,24-26,28,30,33,41,46H,6-14,21-23,27,29,31-32H2,1-5H3,(H2,53,61)(H,57,66)(H,58,72)(H,59,68)(H,60,67)(H,62,69)(H,63,65)(H3,54,56,71)/t41-,46-/m0/s1. The topological polar surface area (TPSA) is 311 Å². The van der Waals surface area contributed by atoms with E-state index in [2.05, 4.69) is 54.1 Å². The number of nitrogens with one attached hydrogen (secondary N) is 7. The summed E-state index contributed by atoms with van der Waals surface area (Å²) in [6.45, 7) is 10.7. The highest BCUT2D eigenvalue weighted by atomic mass is 16.5. The first-order valence-electron chi connectivity index (χ1n) is 24.9. The number of hydrogen-bond donors (Lipinski definition) is 9. The van der Waals surface area contributed by atoms with E-state index in [1.807, 2.05) is 18.7 Å². The average molecular weight is 1010 g/mol. The molecule has 4 rings (SSSR count). The molecule has 1 aromatic heterocycles. The predicted molar refractivity (Wildman–Crippen MR) is 279 cm³/mol. The van der Waals surface area contributed by atoms with Gasteiger partial charge in [0.2, 0.25) is 29.5 Å². The van der Waals surface area contributed by atoms with Gasteiger partial charge < -0.3 is 58.3 Å². The third kappa shape index (κ3) is 20.1. The summed E-state index contributed by atoms with van der Waals surface area (Å²) in [6.07, 6.45) is 10.2. The van der Waals surface area contributed by atoms with Gasteiger partial charge in [-0.15, -0.1) is 0 Å². The summed E-state index contributed by atoms with van der Waals surface area (Å²) in [7, 11) is 0. The number of benzene rings is 2. The number of ether oxygens (including phenoxy) is 1. The molecule has 0 radical (unpaired) electrons. The number of unbranched alkanes of at least 4 members (excludes halogenated alkanes) is 3. The van der Waals surface area contributed by atoms with Gasteiger partial charge in [-0.05, 0) is 85.6 Å². The van der Waals surface area contributed by atoms with Crippen LogP contribution in [0.1, 0.15) is 126 Å². The Balaban J connectivity index is 1.23. The van der Waals surface area contributed by atoms with Crippen molar-refractivity contribution in [3.8, 4) is 0 Å². The second kappa shape index (κ2) is 30.1. The molecule has 2 heterocycles. The molecule has 73 heavy (non-hydrogen) atoms. The zero-order chi connectivity index (χ0) is 53.3. The van der Waals surface area contributed by atoms with Crippen molar-refractivity contribution in [1.29, 1.82) is 0 Å². The number of aliphatic imine (C=N–C) groups is 1. The number of aromatic nitrogens is 1. The van der Waals surface area contributed by atoms with E-state index in [4.69, 9.17) is 16.2 Å². The minimum absolute atomic E-state index is 0.0406. The molecule has 11 N–H and O–H groups in total. The van der Waals surface area contributed by atoms with E-state index in [1.165, 1.54) is 12.4 Å². The van der Waals surface area contributed by atoms with Crippen LogP contribution in [-0.4, -0.2) is 102 Å². The zero-order valence-corrected chi connectivity index (χ0v) is 42.6. The third-order valence-electron chi connectivity index (χ3n) is 11.5. The molecule has 0 saturated carbocycles. The van der Waals surface area contributed by atoms with Crippen LogP contribution in [-0.2, 0) is 41.9 Å². The minimum Gasteiger partial charge on any atom is -0.445 e. The Kier molecular flexibility index (Phi) is 23.8. The van der Waals surface area contributed by atoms with E-state index >= 15 is 0 Å². The molecule has 2 atom stereocenters. The molecule has 0 fully saturated rings. The highest BCUT2D eigenvalue weighted by Crippen LogP contribution is 2.29. The number of anilines is 2. The highest BCUT2D eigenvalue weighted by Gasteiger charge is 2.29. The summed E-state index contributed by atoms with van der Waals surface area (Å²) >= 11 is 0. The molecule has 1 aliphatic rings. The van der Waals surface area contributed by atoms with E-state index in [1.54, 1.807) is 68.5 Å². The number of urea groups is 1. The van der Waals surface area contributed by atoms with Gasteiger partial charge in [0.25, 0.3) is 5.91 Å². The van der Waals surface area contributed by atoms with Gasteiger partial charge in [0.1, 0.15) is 31.1 Å². The molecule has 0 unspecified atom stereocenters. The number of nitrogens with zero attached hydrogens (tertiary/aromatic N) is 3. The Labute approximate surface area is 426 Å². The first-order valence-corrected chi connectivity index (χ1v) is 24.9. The van der Waals surface area contributed by atoms with Gasteiger partial charge >= 0.3 is 12.1 Å². The van der Waals surface area contributed by atoms with Crippen molar-refractivity contribution in [1.82, 2.24) is 36.5 Å². The molecule has 3 aromatic rings. The minimum atomic E-state index is -1.02. The molecule has 0 spiro atoms. The average Bonchev–Trinajstić information content (AvgIpc) is 3.53. The normalized spacial score (nSPS) is 12.6. The third-order valence-corrected chi connectivity index (χ3v) is 11.5. The number of fused-ring (bicyclic) bond motifs is 1. The van der Waals surface area contributed by atoms with Crippen LogP contribution in [0.4, 0.5) is 26.7 Å². The molecule has 21 nitrogen and oxygen atoms in total. The van der Waals surface area contributed by atoms with Crippen molar-refractivity contribution >= 4 is 76.5 Å². The van der Waals surface area contributed by atoms with E-state index in [0.29, 0.717) is 77.2 Å². The number of amides is 9. The monoisotopic (exact) mass is 1010 g/mol. The van der Waals surface area contributed by atoms with E-state index in [9.17, 15) is 38.4 Å². The lowest BCUT2D eigenvalue weighted by molar-refractivity contribution is -0.132. The van der Waals surface area contributed by atoms with Crippen LogP contribution in [0, 0.1) is 5.92 Å². The van der Waals surface area contributed by atoms with Gasteiger partial charge in [0.15, 0.2) is 0 Å². The molecule has 21 heteroatoms. The van der Waals surface area contributed by atoms with Crippen LogP contribution >= 0.6 is 0 Å². The van der Waals surface area contributed by atoms with Crippen molar-refractivity contribution in [2.45, 2.75) is 124 Å². The lowest BCUT2D eigenvalue weighted by Gasteiger charge is -2.25. The Morgan fingerprint density at radius 1 is 0.753 bits per heavy atom. The second-order valence-electron chi connectivity index (χ2n) is 18.0. The number of amidine groups is 1. The molecule has 394 valence electrons. The maximum Gasteiger partial charge on any atom is 0.407 e. The predicted octanol–water partition coefficient (Wildman–Crippen LogP) is 5.28. The van der Waals surface area contributed by atoms with Crippen LogP contribution in [0.2, 0.25) is 0 Å². The van der Waals surface area contributed by atoms with Crippen LogP contribution in [0.15, 0.2) is 71.5 Å². The van der Waals surface area contributed by atoms with E-state index in [0.717, 1.165) is 32.1 Å². The van der Waals surface area contributed by atoms with Crippen molar-refractivity contribution in [2.24, 2.45) is 22.4 Å². The maximum absolute atomic E-state index is 13.5. The molecular weight excluding hydrogens is 937 g/mol. The van der Waals surface area contributed by atoms with Crippen molar-refractivity contribution in [3.05, 3.63) is 88.8 Å². The molecule has 0 aliphatic carbocycles. The Hall–Kier alpha value is -7.84. The molecular formula is C52H72N12O9. The Morgan fingerprint density at radius 2 is 1.49 bits per heavy atom. The van der Waals surface area contributed by atoms with Crippen LogP contribution in [0.5, 0.6) is 0 Å². The first-order chi connectivity index (χ1) is 35.0. The fourth-order valence-corrected chi connectivity index (χ4v) is 7.65. The van der Waals surface area contributed by atoms with E-state index < -0.39 is 47.8 Å². The summed E-state index contributed by atoms with van der Waals surface area (Å²) in [5.74, 6) is -2.31. The molecule has 0 saturated heterocycles. The van der Waals surface area contributed by atoms with E-state index in [-0.39, 0.29) is 62.7 Å². The number of pyridine rings is 1. The molecule has 9 amide bonds. The van der Waals surface area contributed by atoms with Gasteiger partial charge in [-0.3, -0.25) is 33.8 Å². The van der Waals surface area contributed by atoms with Gasteiger partial charge in [-0.25, -0.2) is 14.6 Å². The Bertz CT molecular complexity index is 2450. The number of rotatable bonds is 28. The molecule has 1 aliphatic heterocycles. The number of alkyl carbamates (subject to hydrolysis) is 1. The molecule has 2 aromatic carbocycles. The number of carbonyl (C=O) groups excluding carboxylic acids is 8. The fourth-order valence-electron chi connectivity index (χ4n) is 7.65. The first kappa shape index (κ1) is 57.7. The summed E-state index contributed by atoms with van der Waals surface area (Å²) in [5, 5.41) is 18.7. The van der Waals surface area contributed by atoms with Gasteiger partial charge in [0.05, 0.1) is 17.6 Å². The second-order valence-corrected chi connectivity index (χ2v) is 18.0. The number of primary amides is 1. The van der Waals surface area contributed by atoms with Crippen LogP contribution in [0.25, 0.3) is 6.08 Å². The van der Waals surface area contributed by atoms with Crippen LogP contribution in [0.3, 0.4) is 0 Å². The lowest BCUT2D eigenvalue weighted by atomic mass is 10.0. The lowest BCUT2D eigenvalue weighted by Crippen LogP contribution is -2.54. The van der Waals surface area contributed by atoms with Gasteiger partial charge in [0, 0.05) is 67.6 Å². The highest BCUT2D eigenvalue weighted by molar-refractivity contribution is 6.08. The number of carbonyl (C=O) groups is 8. The summed E-state index contributed by atoms with van der Waals surface area (Å²) in [5.41, 5.74) is 15.3. The van der Waals surface area contributed by atoms with Crippen molar-refractivity contribution in [2.75, 3.05) is 36.8 Å². The quantitative estimate of drug-likeness (QED) is 0.0421. The zero-order valence-electron chi connectivity index (χ0n) is 42.6. The van der Waals surface area contributed by atoms with Crippen molar-refractivity contribution in [3.63, 3.8) is 0 Å². The molecule has 0 bridgehead atoms. The van der Waals surface area contributed by atoms with Gasteiger partial charge in [-0.1, -0.05) is 72.1 Å². The fraction of sp³-hybridized carbons (Fsp3) is 0.462. The number of nitrogens with two attached hydrogens (primary N) is 2. The Morgan fingerprint density at radius 3 is 2.18 bits per heavy atom. The summed E-state index contributed by atoms with van der Waals surface area (Å²) < 4.78 is 5.27. The van der Waals surface area contributed by atoms with Crippen molar-refractivity contribution < 1.29 is 43.1 Å².